The lowest BCUT2D eigenvalue weighted by molar-refractivity contribution is -0.132. The number of allylic oxidation sites excluding steroid dienone is 1. The molecule has 2 nitrogen and oxygen atoms in total. The molecule has 0 amide bonds. The van der Waals surface area contributed by atoms with Gasteiger partial charge in [-0.15, -0.1) is 0 Å². The Morgan fingerprint density at radius 1 is 1.46 bits per heavy atom. The van der Waals surface area contributed by atoms with Gasteiger partial charge >= 0.3 is 5.97 Å². The average Bonchev–Trinajstić information content (AvgIpc) is 2.11. The van der Waals surface area contributed by atoms with Crippen LogP contribution in [0.4, 0.5) is 0 Å². The molecule has 0 rings (SSSR count). The number of aliphatic carboxylic acids is 1. The fraction of sp³-hybridized carbons (Fsp3) is 0.727. The molecule has 0 aromatic carbocycles. The van der Waals surface area contributed by atoms with Gasteiger partial charge in [-0.05, 0) is 25.7 Å². The maximum absolute atomic E-state index is 10.6. The molecule has 1 atom stereocenters. The summed E-state index contributed by atoms with van der Waals surface area (Å²) in [7, 11) is 0. The van der Waals surface area contributed by atoms with E-state index in [4.69, 9.17) is 5.11 Å². The second kappa shape index (κ2) is 6.70. The lowest BCUT2D eigenvalue weighted by Crippen LogP contribution is -2.01. The monoisotopic (exact) mass is 184 g/mol. The number of hydrogen-bond acceptors (Lipinski definition) is 1. The molecule has 0 spiro atoms. The average molecular weight is 184 g/mol. The van der Waals surface area contributed by atoms with Crippen LogP contribution in [-0.2, 0) is 4.79 Å². The summed E-state index contributed by atoms with van der Waals surface area (Å²) in [5, 5.41) is 8.68. The highest BCUT2D eigenvalue weighted by molar-refractivity contribution is 5.85. The predicted molar refractivity (Wildman–Crippen MR) is 54.7 cm³/mol. The Labute approximate surface area is 80.7 Å². The summed E-state index contributed by atoms with van der Waals surface area (Å²) < 4.78 is 0. The first-order valence-electron chi connectivity index (χ1n) is 5.03. The molecular weight excluding hydrogens is 164 g/mol. The Morgan fingerprint density at radius 3 is 2.46 bits per heavy atom. The highest BCUT2D eigenvalue weighted by Crippen LogP contribution is 2.15. The highest BCUT2D eigenvalue weighted by atomic mass is 16.4. The summed E-state index contributed by atoms with van der Waals surface area (Å²) in [5.41, 5.74) is 0.475. The number of rotatable bonds is 6. The van der Waals surface area contributed by atoms with Crippen molar-refractivity contribution in [2.75, 3.05) is 0 Å². The maximum Gasteiger partial charge on any atom is 0.330 e. The van der Waals surface area contributed by atoms with Crippen molar-refractivity contribution in [2.45, 2.75) is 46.5 Å². The van der Waals surface area contributed by atoms with E-state index in [2.05, 4.69) is 13.8 Å². The second-order valence-electron chi connectivity index (χ2n) is 3.47. The molecule has 1 unspecified atom stereocenters. The van der Waals surface area contributed by atoms with Gasteiger partial charge in [0.15, 0.2) is 0 Å². The zero-order chi connectivity index (χ0) is 10.3. The maximum atomic E-state index is 10.6. The minimum atomic E-state index is -0.796. The topological polar surface area (TPSA) is 37.3 Å². The summed E-state index contributed by atoms with van der Waals surface area (Å²) in [6, 6.07) is 0. The third-order valence-corrected chi connectivity index (χ3v) is 2.28. The first-order chi connectivity index (χ1) is 6.11. The fourth-order valence-electron chi connectivity index (χ4n) is 1.30. The Kier molecular flexibility index (Phi) is 6.29. The molecule has 0 radical (unpaired) electrons. The third-order valence-electron chi connectivity index (χ3n) is 2.28. The van der Waals surface area contributed by atoms with Gasteiger partial charge in [-0.2, -0.15) is 0 Å². The van der Waals surface area contributed by atoms with E-state index < -0.39 is 5.97 Å². The van der Waals surface area contributed by atoms with Crippen LogP contribution in [0.15, 0.2) is 11.6 Å². The van der Waals surface area contributed by atoms with Crippen LogP contribution in [0.1, 0.15) is 46.5 Å². The standard InChI is InChI=1S/C11H20O2/c1-4-6-7-10(5-2)8-9(3)11(12)13/h8,10H,4-7H2,1-3H3,(H,12,13)/b9-8-. The first-order valence-corrected chi connectivity index (χ1v) is 5.03. The summed E-state index contributed by atoms with van der Waals surface area (Å²) in [6.45, 7) is 5.92. The molecule has 0 aromatic heterocycles. The van der Waals surface area contributed by atoms with Crippen LogP contribution in [0.5, 0.6) is 0 Å². The molecule has 0 aliphatic heterocycles. The molecule has 0 saturated carbocycles. The number of hydrogen-bond donors (Lipinski definition) is 1. The summed E-state index contributed by atoms with van der Waals surface area (Å²) in [4.78, 5) is 10.6. The van der Waals surface area contributed by atoms with Crippen molar-refractivity contribution in [2.24, 2.45) is 5.92 Å². The largest absolute Gasteiger partial charge is 0.478 e. The predicted octanol–water partition coefficient (Wildman–Crippen LogP) is 3.23. The van der Waals surface area contributed by atoms with E-state index in [-0.39, 0.29) is 0 Å². The van der Waals surface area contributed by atoms with Crippen molar-refractivity contribution >= 4 is 5.97 Å². The van der Waals surface area contributed by atoms with Crippen LogP contribution in [0.25, 0.3) is 0 Å². The van der Waals surface area contributed by atoms with E-state index in [1.165, 1.54) is 12.8 Å². The van der Waals surface area contributed by atoms with Gasteiger partial charge < -0.3 is 5.11 Å². The summed E-state index contributed by atoms with van der Waals surface area (Å²) in [5.74, 6) is -0.356. The molecule has 0 fully saturated rings. The number of carboxylic acid groups (broad SMARTS) is 1. The number of carbonyl (C=O) groups is 1. The van der Waals surface area contributed by atoms with Gasteiger partial charge in [-0.1, -0.05) is 32.8 Å². The Hall–Kier alpha value is -0.790. The Bertz CT molecular complexity index is 183. The lowest BCUT2D eigenvalue weighted by atomic mass is 9.97. The van der Waals surface area contributed by atoms with Crippen LogP contribution in [0, 0.1) is 5.92 Å². The van der Waals surface area contributed by atoms with Crippen LogP contribution in [0.3, 0.4) is 0 Å². The van der Waals surface area contributed by atoms with E-state index >= 15 is 0 Å². The van der Waals surface area contributed by atoms with Crippen LogP contribution in [0.2, 0.25) is 0 Å². The summed E-state index contributed by atoms with van der Waals surface area (Å²) in [6.07, 6.45) is 6.39. The van der Waals surface area contributed by atoms with Gasteiger partial charge in [0.05, 0.1) is 0 Å². The van der Waals surface area contributed by atoms with Crippen molar-refractivity contribution < 1.29 is 9.90 Å². The summed E-state index contributed by atoms with van der Waals surface area (Å²) >= 11 is 0. The number of carboxylic acids is 1. The minimum absolute atomic E-state index is 0.441. The van der Waals surface area contributed by atoms with Gasteiger partial charge in [0.25, 0.3) is 0 Å². The molecule has 2 heteroatoms. The zero-order valence-corrected chi connectivity index (χ0v) is 8.84. The molecule has 0 aliphatic carbocycles. The normalized spacial score (nSPS) is 14.2. The Morgan fingerprint density at radius 2 is 2.08 bits per heavy atom. The molecule has 13 heavy (non-hydrogen) atoms. The third kappa shape index (κ3) is 5.45. The van der Waals surface area contributed by atoms with E-state index in [9.17, 15) is 4.79 Å². The molecule has 0 aromatic rings. The number of unbranched alkanes of at least 4 members (excludes halogenated alkanes) is 1. The molecule has 0 saturated heterocycles. The van der Waals surface area contributed by atoms with Crippen molar-refractivity contribution in [3.63, 3.8) is 0 Å². The van der Waals surface area contributed by atoms with Crippen LogP contribution >= 0.6 is 0 Å². The fourth-order valence-corrected chi connectivity index (χ4v) is 1.30. The lowest BCUT2D eigenvalue weighted by Gasteiger charge is -2.09. The molecule has 0 heterocycles. The zero-order valence-electron chi connectivity index (χ0n) is 8.84. The first kappa shape index (κ1) is 12.2. The van der Waals surface area contributed by atoms with Gasteiger partial charge in [0.1, 0.15) is 0 Å². The second-order valence-corrected chi connectivity index (χ2v) is 3.47. The van der Waals surface area contributed by atoms with E-state index in [0.29, 0.717) is 11.5 Å². The minimum Gasteiger partial charge on any atom is -0.478 e. The van der Waals surface area contributed by atoms with Crippen molar-refractivity contribution in [1.82, 2.24) is 0 Å². The van der Waals surface area contributed by atoms with E-state index in [1.807, 2.05) is 6.08 Å². The quantitative estimate of drug-likeness (QED) is 0.643. The van der Waals surface area contributed by atoms with Crippen molar-refractivity contribution in [3.8, 4) is 0 Å². The molecule has 76 valence electrons. The molecule has 0 aliphatic rings. The van der Waals surface area contributed by atoms with Crippen LogP contribution < -0.4 is 0 Å². The SMILES string of the molecule is CCCCC(/C=C(/C)C(=O)O)CC. The van der Waals surface area contributed by atoms with Crippen molar-refractivity contribution in [1.29, 1.82) is 0 Å². The molecule has 1 N–H and O–H groups in total. The van der Waals surface area contributed by atoms with Crippen LogP contribution in [-0.4, -0.2) is 11.1 Å². The van der Waals surface area contributed by atoms with E-state index in [0.717, 1.165) is 12.8 Å². The molecule has 0 bridgehead atoms. The highest BCUT2D eigenvalue weighted by Gasteiger charge is 2.06. The smallest absolute Gasteiger partial charge is 0.330 e. The van der Waals surface area contributed by atoms with Crippen molar-refractivity contribution in [3.05, 3.63) is 11.6 Å². The Balaban J connectivity index is 4.09. The van der Waals surface area contributed by atoms with Gasteiger partial charge in [0.2, 0.25) is 0 Å². The van der Waals surface area contributed by atoms with E-state index in [1.54, 1.807) is 6.92 Å². The van der Waals surface area contributed by atoms with Gasteiger partial charge in [0, 0.05) is 5.57 Å². The molecular formula is C11H20O2. The van der Waals surface area contributed by atoms with Gasteiger partial charge in [-0.3, -0.25) is 0 Å². The van der Waals surface area contributed by atoms with Gasteiger partial charge in [-0.25, -0.2) is 4.79 Å².